The fraction of sp³-hybridized carbons (Fsp3) is 0.867. The number of halogens is 2. The molecule has 0 bridgehead atoms. The summed E-state index contributed by atoms with van der Waals surface area (Å²) in [5.41, 5.74) is 0.429. The average Bonchev–Trinajstić information content (AvgIpc) is 2.33. The molecule has 0 atom stereocenters. The Morgan fingerprint density at radius 1 is 0.941 bits per heavy atom. The van der Waals surface area contributed by atoms with Crippen LogP contribution >= 0.6 is 0 Å². The SMILES string of the molecule is CC1CCC(CC2CCC(=C(F)F)CC2)CC1. The van der Waals surface area contributed by atoms with Crippen LogP contribution in [-0.2, 0) is 0 Å². The van der Waals surface area contributed by atoms with Gasteiger partial charge in [-0.1, -0.05) is 32.6 Å². The second-order valence-electron chi connectivity index (χ2n) is 6.17. The molecule has 0 saturated heterocycles. The Morgan fingerprint density at radius 3 is 2.00 bits per heavy atom. The van der Waals surface area contributed by atoms with E-state index in [2.05, 4.69) is 6.92 Å². The van der Waals surface area contributed by atoms with E-state index >= 15 is 0 Å². The lowest BCUT2D eigenvalue weighted by atomic mass is 9.75. The van der Waals surface area contributed by atoms with Gasteiger partial charge < -0.3 is 0 Å². The van der Waals surface area contributed by atoms with Gasteiger partial charge in [0.05, 0.1) is 0 Å². The Hall–Kier alpha value is -0.400. The molecule has 0 aliphatic heterocycles. The maximum absolute atomic E-state index is 12.4. The van der Waals surface area contributed by atoms with Gasteiger partial charge in [0.2, 0.25) is 0 Å². The molecule has 0 heterocycles. The Labute approximate surface area is 103 Å². The molecule has 0 nitrogen and oxygen atoms in total. The minimum absolute atomic E-state index is 0.429. The standard InChI is InChI=1S/C15H24F2/c1-11-2-4-12(5-3-11)10-13-6-8-14(9-7-13)15(16)17/h11-13H,2-10H2,1H3. The highest BCUT2D eigenvalue weighted by molar-refractivity contribution is 5.05. The van der Waals surface area contributed by atoms with Crippen molar-refractivity contribution in [3.8, 4) is 0 Å². The molecule has 0 aromatic carbocycles. The van der Waals surface area contributed by atoms with Crippen LogP contribution in [0, 0.1) is 17.8 Å². The van der Waals surface area contributed by atoms with Crippen LogP contribution in [0.25, 0.3) is 0 Å². The van der Waals surface area contributed by atoms with Crippen molar-refractivity contribution in [1.82, 2.24) is 0 Å². The summed E-state index contributed by atoms with van der Waals surface area (Å²) in [4.78, 5) is 0. The second-order valence-corrected chi connectivity index (χ2v) is 6.17. The summed E-state index contributed by atoms with van der Waals surface area (Å²) in [6, 6.07) is 0. The Kier molecular flexibility index (Phi) is 4.58. The summed E-state index contributed by atoms with van der Waals surface area (Å²) >= 11 is 0. The lowest BCUT2D eigenvalue weighted by Gasteiger charge is -2.31. The summed E-state index contributed by atoms with van der Waals surface area (Å²) < 4.78 is 24.9. The zero-order valence-corrected chi connectivity index (χ0v) is 10.9. The van der Waals surface area contributed by atoms with Gasteiger partial charge >= 0.3 is 0 Å². The van der Waals surface area contributed by atoms with Crippen LogP contribution in [0.3, 0.4) is 0 Å². The molecule has 0 radical (unpaired) electrons. The first kappa shape index (κ1) is 13.0. The molecule has 2 aliphatic carbocycles. The van der Waals surface area contributed by atoms with Gasteiger partial charge in [-0.15, -0.1) is 0 Å². The minimum atomic E-state index is -1.41. The molecule has 0 aromatic rings. The van der Waals surface area contributed by atoms with Crippen molar-refractivity contribution in [2.24, 2.45) is 17.8 Å². The van der Waals surface area contributed by atoms with E-state index in [1.807, 2.05) is 0 Å². The zero-order valence-electron chi connectivity index (χ0n) is 10.9. The zero-order chi connectivity index (χ0) is 12.3. The molecular formula is C15H24F2. The van der Waals surface area contributed by atoms with Crippen molar-refractivity contribution in [3.05, 3.63) is 11.7 Å². The number of rotatable bonds is 2. The van der Waals surface area contributed by atoms with Crippen LogP contribution in [0.5, 0.6) is 0 Å². The predicted octanol–water partition coefficient (Wildman–Crippen LogP) is 5.54. The fourth-order valence-electron chi connectivity index (χ4n) is 3.49. The molecule has 2 fully saturated rings. The number of hydrogen-bond acceptors (Lipinski definition) is 0. The van der Waals surface area contributed by atoms with Crippen LogP contribution in [0.1, 0.15) is 64.7 Å². The molecule has 2 aliphatic rings. The third kappa shape index (κ3) is 3.79. The van der Waals surface area contributed by atoms with Crippen LogP contribution in [-0.4, -0.2) is 0 Å². The topological polar surface area (TPSA) is 0 Å². The molecule has 0 spiro atoms. The van der Waals surface area contributed by atoms with E-state index in [-0.39, 0.29) is 0 Å². The summed E-state index contributed by atoms with van der Waals surface area (Å²) in [7, 11) is 0. The highest BCUT2D eigenvalue weighted by Crippen LogP contribution is 2.38. The molecule has 0 N–H and O–H groups in total. The predicted molar refractivity (Wildman–Crippen MR) is 66.9 cm³/mol. The third-order valence-electron chi connectivity index (χ3n) is 4.78. The molecule has 0 amide bonds. The second kappa shape index (κ2) is 5.97. The first-order valence-electron chi connectivity index (χ1n) is 7.18. The maximum Gasteiger partial charge on any atom is 0.269 e. The van der Waals surface area contributed by atoms with Crippen molar-refractivity contribution in [1.29, 1.82) is 0 Å². The smallest absolute Gasteiger partial charge is 0.173 e. The quantitative estimate of drug-likeness (QED) is 0.596. The van der Waals surface area contributed by atoms with Crippen LogP contribution < -0.4 is 0 Å². The van der Waals surface area contributed by atoms with E-state index in [1.165, 1.54) is 32.1 Å². The van der Waals surface area contributed by atoms with Gasteiger partial charge in [-0.25, -0.2) is 0 Å². The molecule has 2 rings (SSSR count). The van der Waals surface area contributed by atoms with Gasteiger partial charge in [0.15, 0.2) is 0 Å². The van der Waals surface area contributed by atoms with Crippen molar-refractivity contribution >= 4 is 0 Å². The fourth-order valence-corrected chi connectivity index (χ4v) is 3.49. The van der Waals surface area contributed by atoms with E-state index in [4.69, 9.17) is 0 Å². The van der Waals surface area contributed by atoms with E-state index in [1.54, 1.807) is 0 Å². The first-order valence-corrected chi connectivity index (χ1v) is 7.18. The molecular weight excluding hydrogens is 218 g/mol. The Morgan fingerprint density at radius 2 is 1.47 bits per heavy atom. The summed E-state index contributed by atoms with van der Waals surface area (Å²) in [6.07, 6.45) is 8.69. The van der Waals surface area contributed by atoms with Crippen molar-refractivity contribution in [3.63, 3.8) is 0 Å². The molecule has 2 saturated carbocycles. The van der Waals surface area contributed by atoms with Crippen molar-refractivity contribution in [2.75, 3.05) is 0 Å². The van der Waals surface area contributed by atoms with E-state index in [9.17, 15) is 8.78 Å². The molecule has 17 heavy (non-hydrogen) atoms. The molecule has 0 unspecified atom stereocenters. The number of hydrogen-bond donors (Lipinski definition) is 0. The Bertz CT molecular complexity index is 261. The summed E-state index contributed by atoms with van der Waals surface area (Å²) in [5.74, 6) is 2.52. The van der Waals surface area contributed by atoms with E-state index in [0.717, 1.165) is 30.6 Å². The van der Waals surface area contributed by atoms with Crippen LogP contribution in [0.2, 0.25) is 0 Å². The van der Waals surface area contributed by atoms with Gasteiger partial charge in [0.1, 0.15) is 0 Å². The molecule has 98 valence electrons. The summed E-state index contributed by atoms with van der Waals surface area (Å²) in [6.45, 7) is 2.35. The third-order valence-corrected chi connectivity index (χ3v) is 4.78. The first-order chi connectivity index (χ1) is 8.15. The van der Waals surface area contributed by atoms with Gasteiger partial charge in [-0.3, -0.25) is 0 Å². The Balaban J connectivity index is 1.73. The highest BCUT2D eigenvalue weighted by Gasteiger charge is 2.25. The maximum atomic E-state index is 12.4. The minimum Gasteiger partial charge on any atom is -0.173 e. The lowest BCUT2D eigenvalue weighted by Crippen LogP contribution is -2.18. The largest absolute Gasteiger partial charge is 0.269 e. The normalized spacial score (nSPS) is 34.8. The van der Waals surface area contributed by atoms with Gasteiger partial charge in [0.25, 0.3) is 6.08 Å². The highest BCUT2D eigenvalue weighted by atomic mass is 19.3. The summed E-state index contributed by atoms with van der Waals surface area (Å²) in [5, 5.41) is 0. The van der Waals surface area contributed by atoms with Gasteiger partial charge in [0, 0.05) is 0 Å². The lowest BCUT2D eigenvalue weighted by molar-refractivity contribution is 0.225. The van der Waals surface area contributed by atoms with Gasteiger partial charge in [-0.05, 0) is 55.4 Å². The average molecular weight is 242 g/mol. The van der Waals surface area contributed by atoms with E-state index in [0.29, 0.717) is 18.4 Å². The van der Waals surface area contributed by atoms with Gasteiger partial charge in [-0.2, -0.15) is 8.78 Å². The van der Waals surface area contributed by atoms with Crippen molar-refractivity contribution in [2.45, 2.75) is 64.7 Å². The van der Waals surface area contributed by atoms with Crippen molar-refractivity contribution < 1.29 is 8.78 Å². The molecule has 2 heteroatoms. The monoisotopic (exact) mass is 242 g/mol. The van der Waals surface area contributed by atoms with Crippen LogP contribution in [0.15, 0.2) is 11.7 Å². The number of allylic oxidation sites excluding steroid dienone is 1. The van der Waals surface area contributed by atoms with E-state index < -0.39 is 6.08 Å². The molecule has 0 aromatic heterocycles. The van der Waals surface area contributed by atoms with Crippen LogP contribution in [0.4, 0.5) is 8.78 Å².